The SMILES string of the molecule is CCn1nc(C(=O)OC(C)OC(=O)OC2CCCCC2)cc(Nc2cncc3ccccc23)c1=O. The molecule has 4 rings (SSSR count). The van der Waals surface area contributed by atoms with E-state index in [9.17, 15) is 14.4 Å². The van der Waals surface area contributed by atoms with E-state index in [2.05, 4.69) is 15.4 Å². The summed E-state index contributed by atoms with van der Waals surface area (Å²) in [6.45, 7) is 3.39. The quantitative estimate of drug-likeness (QED) is 0.383. The van der Waals surface area contributed by atoms with E-state index in [4.69, 9.17) is 14.2 Å². The second-order valence-corrected chi connectivity index (χ2v) is 8.32. The van der Waals surface area contributed by atoms with Crippen molar-refractivity contribution in [3.05, 3.63) is 58.8 Å². The number of carbonyl (C=O) groups excluding carboxylic acids is 2. The summed E-state index contributed by atoms with van der Waals surface area (Å²) >= 11 is 0. The molecule has 1 saturated carbocycles. The number of esters is 1. The number of anilines is 2. The van der Waals surface area contributed by atoms with Crippen molar-refractivity contribution in [1.82, 2.24) is 14.8 Å². The zero-order chi connectivity index (χ0) is 24.8. The van der Waals surface area contributed by atoms with Gasteiger partial charge in [-0.15, -0.1) is 0 Å². The maximum atomic E-state index is 12.9. The van der Waals surface area contributed by atoms with Gasteiger partial charge in [0.2, 0.25) is 6.29 Å². The van der Waals surface area contributed by atoms with Gasteiger partial charge in [0, 0.05) is 36.5 Å². The maximum Gasteiger partial charge on any atom is 0.511 e. The fourth-order valence-electron chi connectivity index (χ4n) is 4.02. The third-order valence-corrected chi connectivity index (χ3v) is 5.77. The van der Waals surface area contributed by atoms with Crippen LogP contribution in [0, 0.1) is 0 Å². The molecule has 0 spiro atoms. The van der Waals surface area contributed by atoms with E-state index in [1.165, 1.54) is 13.0 Å². The molecule has 0 aliphatic heterocycles. The van der Waals surface area contributed by atoms with Crippen molar-refractivity contribution in [1.29, 1.82) is 0 Å². The summed E-state index contributed by atoms with van der Waals surface area (Å²) < 4.78 is 16.8. The Morgan fingerprint density at radius 1 is 1.11 bits per heavy atom. The Labute approximate surface area is 202 Å². The first-order valence-electron chi connectivity index (χ1n) is 11.7. The van der Waals surface area contributed by atoms with Gasteiger partial charge in [0.1, 0.15) is 11.8 Å². The van der Waals surface area contributed by atoms with Crippen molar-refractivity contribution in [3.63, 3.8) is 0 Å². The van der Waals surface area contributed by atoms with Crippen molar-refractivity contribution in [2.24, 2.45) is 0 Å². The van der Waals surface area contributed by atoms with Gasteiger partial charge in [0.05, 0.1) is 11.9 Å². The number of hydrogen-bond donors (Lipinski definition) is 1. The number of benzene rings is 1. The van der Waals surface area contributed by atoms with Gasteiger partial charge in [-0.25, -0.2) is 14.3 Å². The number of ether oxygens (including phenoxy) is 3. The Morgan fingerprint density at radius 3 is 2.66 bits per heavy atom. The molecule has 1 fully saturated rings. The first-order valence-corrected chi connectivity index (χ1v) is 11.7. The molecule has 1 aromatic carbocycles. The zero-order valence-electron chi connectivity index (χ0n) is 19.7. The predicted octanol–water partition coefficient (Wildman–Crippen LogP) is 4.54. The topological polar surface area (TPSA) is 122 Å². The second kappa shape index (κ2) is 11.0. The highest BCUT2D eigenvalue weighted by Gasteiger charge is 2.23. The number of aromatic nitrogens is 3. The van der Waals surface area contributed by atoms with Crippen LogP contribution in [0.5, 0.6) is 0 Å². The van der Waals surface area contributed by atoms with Crippen LogP contribution in [0.25, 0.3) is 10.8 Å². The fraction of sp³-hybridized carbons (Fsp3) is 0.400. The van der Waals surface area contributed by atoms with Crippen LogP contribution >= 0.6 is 0 Å². The highest BCUT2D eigenvalue weighted by Crippen LogP contribution is 2.24. The van der Waals surface area contributed by atoms with Crippen LogP contribution in [0.3, 0.4) is 0 Å². The average molecular weight is 481 g/mol. The number of pyridine rings is 1. The molecule has 10 heteroatoms. The third kappa shape index (κ3) is 5.95. The fourth-order valence-corrected chi connectivity index (χ4v) is 4.02. The van der Waals surface area contributed by atoms with Crippen LogP contribution in [0.15, 0.2) is 47.5 Å². The van der Waals surface area contributed by atoms with Crippen LogP contribution in [-0.2, 0) is 20.8 Å². The lowest BCUT2D eigenvalue weighted by Crippen LogP contribution is -2.29. The van der Waals surface area contributed by atoms with E-state index in [-0.39, 0.29) is 24.0 Å². The molecule has 10 nitrogen and oxygen atoms in total. The Hall–Kier alpha value is -3.95. The summed E-state index contributed by atoms with van der Waals surface area (Å²) in [5.41, 5.74) is 0.225. The highest BCUT2D eigenvalue weighted by atomic mass is 16.8. The Balaban J connectivity index is 1.48. The lowest BCUT2D eigenvalue weighted by atomic mass is 9.98. The minimum atomic E-state index is -1.19. The predicted molar refractivity (Wildman–Crippen MR) is 129 cm³/mol. The number of rotatable bonds is 7. The molecule has 1 N–H and O–H groups in total. The molecule has 1 aliphatic rings. The smallest absolute Gasteiger partial charge is 0.431 e. The van der Waals surface area contributed by atoms with Crippen LogP contribution in [0.1, 0.15) is 56.4 Å². The van der Waals surface area contributed by atoms with Gasteiger partial charge in [-0.1, -0.05) is 30.7 Å². The zero-order valence-corrected chi connectivity index (χ0v) is 19.7. The number of fused-ring (bicyclic) bond motifs is 1. The van der Waals surface area contributed by atoms with Crippen LogP contribution in [-0.4, -0.2) is 39.3 Å². The van der Waals surface area contributed by atoms with Crippen molar-refractivity contribution in [3.8, 4) is 0 Å². The van der Waals surface area contributed by atoms with E-state index in [1.807, 2.05) is 24.3 Å². The van der Waals surface area contributed by atoms with Gasteiger partial charge in [0.25, 0.3) is 5.56 Å². The molecule has 3 aromatic rings. The molecular formula is C25H28N4O6. The van der Waals surface area contributed by atoms with Crippen molar-refractivity contribution in [2.75, 3.05) is 5.32 Å². The van der Waals surface area contributed by atoms with Crippen molar-refractivity contribution < 1.29 is 23.8 Å². The van der Waals surface area contributed by atoms with Crippen LogP contribution in [0.2, 0.25) is 0 Å². The Bertz CT molecular complexity index is 1260. The summed E-state index contributed by atoms with van der Waals surface area (Å²) in [5.74, 6) is -0.843. The number of hydrogen-bond acceptors (Lipinski definition) is 9. The third-order valence-electron chi connectivity index (χ3n) is 5.77. The van der Waals surface area contributed by atoms with Gasteiger partial charge in [-0.3, -0.25) is 9.78 Å². The molecule has 0 saturated heterocycles. The molecule has 2 aromatic heterocycles. The van der Waals surface area contributed by atoms with E-state index in [1.54, 1.807) is 19.3 Å². The van der Waals surface area contributed by atoms with Gasteiger partial charge in [0.15, 0.2) is 5.69 Å². The largest absolute Gasteiger partial charge is 0.511 e. The summed E-state index contributed by atoms with van der Waals surface area (Å²) in [4.78, 5) is 41.8. The molecule has 2 heterocycles. The summed E-state index contributed by atoms with van der Waals surface area (Å²) in [6, 6.07) is 8.90. The van der Waals surface area contributed by atoms with Crippen LogP contribution in [0.4, 0.5) is 16.2 Å². The summed E-state index contributed by atoms with van der Waals surface area (Å²) in [7, 11) is 0. The molecule has 0 bridgehead atoms. The van der Waals surface area contributed by atoms with Gasteiger partial charge in [-0.2, -0.15) is 5.10 Å². The standard InChI is InChI=1S/C25H28N4O6/c1-3-29-23(30)20(27-22-15-26-14-17-9-7-8-12-19(17)22)13-21(28-29)24(31)33-16(2)34-25(32)35-18-10-5-4-6-11-18/h7-9,12-16,18,27H,3-6,10-11H2,1-2H3. The molecule has 0 radical (unpaired) electrons. The molecule has 1 aliphatic carbocycles. The van der Waals surface area contributed by atoms with Crippen LogP contribution < -0.4 is 10.9 Å². The minimum Gasteiger partial charge on any atom is -0.431 e. The first kappa shape index (κ1) is 24.2. The summed E-state index contributed by atoms with van der Waals surface area (Å²) in [6.07, 6.45) is 5.82. The normalized spacial score (nSPS) is 14.8. The molecule has 184 valence electrons. The second-order valence-electron chi connectivity index (χ2n) is 8.32. The molecular weight excluding hydrogens is 452 g/mol. The molecule has 1 unspecified atom stereocenters. The van der Waals surface area contributed by atoms with E-state index < -0.39 is 24.0 Å². The minimum absolute atomic E-state index is 0.113. The monoisotopic (exact) mass is 480 g/mol. The van der Waals surface area contributed by atoms with Gasteiger partial charge in [-0.05, 0) is 32.6 Å². The Kier molecular flexibility index (Phi) is 7.59. The van der Waals surface area contributed by atoms with Gasteiger partial charge < -0.3 is 19.5 Å². The summed E-state index contributed by atoms with van der Waals surface area (Å²) in [5, 5.41) is 8.91. The number of carbonyl (C=O) groups is 2. The maximum absolute atomic E-state index is 12.9. The first-order chi connectivity index (χ1) is 16.9. The number of nitrogens with one attached hydrogen (secondary N) is 1. The molecule has 35 heavy (non-hydrogen) atoms. The highest BCUT2D eigenvalue weighted by molar-refractivity contribution is 5.95. The lowest BCUT2D eigenvalue weighted by molar-refractivity contribution is -0.0918. The van der Waals surface area contributed by atoms with Gasteiger partial charge >= 0.3 is 12.1 Å². The lowest BCUT2D eigenvalue weighted by Gasteiger charge is -2.22. The molecule has 0 amide bonds. The van der Waals surface area contributed by atoms with E-state index in [0.29, 0.717) is 5.69 Å². The van der Waals surface area contributed by atoms with E-state index >= 15 is 0 Å². The number of aryl methyl sites for hydroxylation is 1. The average Bonchev–Trinajstić information content (AvgIpc) is 2.85. The molecule has 1 atom stereocenters. The van der Waals surface area contributed by atoms with Crippen molar-refractivity contribution in [2.45, 2.75) is 64.9 Å². The Morgan fingerprint density at radius 2 is 1.89 bits per heavy atom. The van der Waals surface area contributed by atoms with Crippen molar-refractivity contribution >= 4 is 34.3 Å². The van der Waals surface area contributed by atoms with E-state index in [0.717, 1.165) is 47.6 Å². The number of nitrogens with zero attached hydrogens (tertiary/aromatic N) is 3.